The van der Waals surface area contributed by atoms with Crippen LogP contribution in [0.2, 0.25) is 0 Å². The molecule has 4 aromatic rings. The molecular formula is C20H17ClFNO. The highest BCUT2D eigenvalue weighted by molar-refractivity contribution is 6.10. The number of hydrogen-bond donors (Lipinski definition) is 0. The van der Waals surface area contributed by atoms with Gasteiger partial charge in [0.1, 0.15) is 5.82 Å². The monoisotopic (exact) mass is 341 g/mol. The van der Waals surface area contributed by atoms with E-state index in [9.17, 15) is 9.18 Å². The van der Waals surface area contributed by atoms with Crippen molar-refractivity contribution in [2.45, 2.75) is 19.4 Å². The maximum Gasteiger partial charge on any atom is 0.162 e. The lowest BCUT2D eigenvalue weighted by atomic mass is 10.1. The Balaban J connectivity index is 0.00000169. The van der Waals surface area contributed by atoms with Crippen LogP contribution in [-0.4, -0.2) is 10.4 Å². The Labute approximate surface area is 145 Å². The summed E-state index contributed by atoms with van der Waals surface area (Å²) >= 11 is 0. The molecule has 122 valence electrons. The summed E-state index contributed by atoms with van der Waals surface area (Å²) in [5.41, 5.74) is 3.03. The number of carbonyl (C=O) groups is 1. The van der Waals surface area contributed by atoms with Crippen LogP contribution in [0, 0.1) is 5.82 Å². The van der Waals surface area contributed by atoms with E-state index in [2.05, 4.69) is 41.0 Å². The predicted octanol–water partition coefficient (Wildman–Crippen LogP) is 5.46. The fraction of sp³-hybridized carbons (Fsp3) is 0.150. The third-order valence-corrected chi connectivity index (χ3v) is 4.41. The fourth-order valence-corrected chi connectivity index (χ4v) is 3.29. The van der Waals surface area contributed by atoms with Crippen LogP contribution >= 0.6 is 12.4 Å². The van der Waals surface area contributed by atoms with Crippen LogP contribution in [0.5, 0.6) is 0 Å². The van der Waals surface area contributed by atoms with E-state index in [4.69, 9.17) is 0 Å². The van der Waals surface area contributed by atoms with Crippen molar-refractivity contribution in [3.63, 3.8) is 0 Å². The molecule has 0 aliphatic heterocycles. The lowest BCUT2D eigenvalue weighted by Gasteiger charge is -2.04. The van der Waals surface area contributed by atoms with Gasteiger partial charge in [0.05, 0.1) is 0 Å². The summed E-state index contributed by atoms with van der Waals surface area (Å²) in [7, 11) is 0. The molecule has 2 nitrogen and oxygen atoms in total. The molecule has 0 unspecified atom stereocenters. The molecule has 4 heteroatoms. The first kappa shape index (κ1) is 16.5. The van der Waals surface area contributed by atoms with Crippen molar-refractivity contribution in [1.82, 2.24) is 4.57 Å². The van der Waals surface area contributed by atoms with Gasteiger partial charge in [-0.2, -0.15) is 0 Å². The number of ketones is 1. The zero-order valence-corrected chi connectivity index (χ0v) is 13.9. The zero-order chi connectivity index (χ0) is 15.8. The Kier molecular flexibility index (Phi) is 4.54. The molecule has 0 atom stereocenters. The Morgan fingerprint density at radius 1 is 0.875 bits per heavy atom. The summed E-state index contributed by atoms with van der Waals surface area (Å²) in [6.07, 6.45) is 1.25. The molecule has 0 N–H and O–H groups in total. The predicted molar refractivity (Wildman–Crippen MR) is 97.8 cm³/mol. The molecule has 0 amide bonds. The summed E-state index contributed by atoms with van der Waals surface area (Å²) in [5, 5.41) is 2.55. The number of carbonyl (C=O) groups excluding carboxylic acids is 1. The van der Waals surface area contributed by atoms with E-state index in [0.717, 1.165) is 13.0 Å². The molecule has 2 heterocycles. The highest BCUT2D eigenvalue weighted by Crippen LogP contribution is 2.31. The number of nitrogens with zero attached hydrogens (tertiary/aromatic N) is 1. The first-order chi connectivity index (χ1) is 11.2. The van der Waals surface area contributed by atoms with Gasteiger partial charge in [0.25, 0.3) is 0 Å². The Morgan fingerprint density at radius 3 is 2.04 bits per heavy atom. The van der Waals surface area contributed by atoms with Crippen LogP contribution in [-0.2, 0) is 6.54 Å². The summed E-state index contributed by atoms with van der Waals surface area (Å²) < 4.78 is 15.2. The van der Waals surface area contributed by atoms with Gasteiger partial charge >= 0.3 is 0 Å². The van der Waals surface area contributed by atoms with Crippen molar-refractivity contribution in [2.24, 2.45) is 0 Å². The third kappa shape index (κ3) is 2.76. The highest BCUT2D eigenvalue weighted by atomic mass is 35.5. The molecule has 0 aliphatic carbocycles. The van der Waals surface area contributed by atoms with Gasteiger partial charge in [-0.05, 0) is 42.8 Å². The Morgan fingerprint density at radius 2 is 1.46 bits per heavy atom. The second-order valence-electron chi connectivity index (χ2n) is 5.83. The van der Waals surface area contributed by atoms with E-state index in [0.29, 0.717) is 12.0 Å². The topological polar surface area (TPSA) is 22.0 Å². The van der Waals surface area contributed by atoms with Gasteiger partial charge in [-0.1, -0.05) is 24.3 Å². The Hall–Kier alpha value is -2.39. The number of rotatable bonds is 5. The molecule has 0 fully saturated rings. The fourth-order valence-electron chi connectivity index (χ4n) is 3.29. The number of Topliss-reactive ketones (excluding diaryl/α,β-unsaturated/α-hetero) is 1. The van der Waals surface area contributed by atoms with Crippen LogP contribution in [0.3, 0.4) is 0 Å². The van der Waals surface area contributed by atoms with E-state index in [1.807, 2.05) is 0 Å². The smallest absolute Gasteiger partial charge is 0.162 e. The average Bonchev–Trinajstić information content (AvgIpc) is 3.12. The minimum absolute atomic E-state index is 0. The number of halogens is 2. The molecule has 0 radical (unpaired) electrons. The lowest BCUT2D eigenvalue weighted by molar-refractivity contribution is 0.0978. The minimum atomic E-state index is -0.313. The second kappa shape index (κ2) is 6.62. The zero-order valence-electron chi connectivity index (χ0n) is 13.0. The lowest BCUT2D eigenvalue weighted by Crippen LogP contribution is -2.02. The van der Waals surface area contributed by atoms with E-state index in [-0.39, 0.29) is 24.0 Å². The van der Waals surface area contributed by atoms with Gasteiger partial charge in [-0.25, -0.2) is 4.39 Å². The van der Waals surface area contributed by atoms with Gasteiger partial charge in [-0.15, -0.1) is 12.4 Å². The number of aromatic nitrogens is 1. The molecule has 2 aromatic heterocycles. The quantitative estimate of drug-likeness (QED) is 0.442. The number of aryl methyl sites for hydroxylation is 1. The minimum Gasteiger partial charge on any atom is -0.340 e. The first-order valence-corrected chi connectivity index (χ1v) is 7.82. The largest absolute Gasteiger partial charge is 0.340 e. The number of benzene rings is 3. The van der Waals surface area contributed by atoms with Gasteiger partial charge in [0.2, 0.25) is 0 Å². The molecule has 2 bridgehead atoms. The molecular weight excluding hydrogens is 325 g/mol. The average molecular weight is 342 g/mol. The van der Waals surface area contributed by atoms with Crippen LogP contribution in [0.15, 0.2) is 60.7 Å². The van der Waals surface area contributed by atoms with E-state index >= 15 is 0 Å². The van der Waals surface area contributed by atoms with Gasteiger partial charge in [0.15, 0.2) is 5.78 Å². The van der Waals surface area contributed by atoms with Crippen molar-refractivity contribution in [2.75, 3.05) is 0 Å². The summed E-state index contributed by atoms with van der Waals surface area (Å²) in [5.74, 6) is -0.246. The molecule has 2 aromatic carbocycles. The van der Waals surface area contributed by atoms with Crippen molar-refractivity contribution in [1.29, 1.82) is 0 Å². The third-order valence-electron chi connectivity index (χ3n) is 4.41. The summed E-state index contributed by atoms with van der Waals surface area (Å²) in [6.45, 7) is 0.819. The van der Waals surface area contributed by atoms with Crippen molar-refractivity contribution < 1.29 is 9.18 Å². The van der Waals surface area contributed by atoms with Crippen LogP contribution < -0.4 is 0 Å². The molecule has 4 rings (SSSR count). The van der Waals surface area contributed by atoms with Gasteiger partial charge in [0, 0.05) is 40.3 Å². The van der Waals surface area contributed by atoms with Gasteiger partial charge < -0.3 is 4.57 Å². The van der Waals surface area contributed by atoms with Crippen molar-refractivity contribution in [3.05, 3.63) is 72.0 Å². The highest BCUT2D eigenvalue weighted by Gasteiger charge is 2.12. The standard InChI is InChI=1S/C20H16FNO.ClH/c21-15-9-7-14(8-10-15)20(23)6-3-13-22-18-11-12-19(22)17-5-2-1-4-16(17)18;/h1-2,4-5,7-12H,3,6,13H2;1H. The first-order valence-electron chi connectivity index (χ1n) is 7.82. The van der Waals surface area contributed by atoms with Crippen LogP contribution in [0.4, 0.5) is 4.39 Å². The Bertz CT molecular complexity index is 927. The van der Waals surface area contributed by atoms with Crippen molar-refractivity contribution >= 4 is 40.0 Å². The number of hydrogen-bond acceptors (Lipinski definition) is 1. The van der Waals surface area contributed by atoms with Crippen molar-refractivity contribution in [3.8, 4) is 0 Å². The molecule has 0 saturated heterocycles. The molecule has 24 heavy (non-hydrogen) atoms. The molecule has 0 spiro atoms. The SMILES string of the molecule is Cl.O=C(CCCn1c2ccc1c1ccccc12)c1ccc(F)cc1. The van der Waals surface area contributed by atoms with E-state index in [1.54, 1.807) is 12.1 Å². The molecule has 0 saturated carbocycles. The second-order valence-corrected chi connectivity index (χ2v) is 5.83. The normalized spacial score (nSPS) is 11.0. The van der Waals surface area contributed by atoms with Crippen LogP contribution in [0.1, 0.15) is 23.2 Å². The maximum absolute atomic E-state index is 12.9. The van der Waals surface area contributed by atoms with E-state index in [1.165, 1.54) is 33.9 Å². The summed E-state index contributed by atoms with van der Waals surface area (Å²) in [6, 6.07) is 18.4. The van der Waals surface area contributed by atoms with E-state index < -0.39 is 0 Å². The molecule has 0 aliphatic rings. The number of fused-ring (bicyclic) bond motifs is 5. The maximum atomic E-state index is 12.9. The van der Waals surface area contributed by atoms with Gasteiger partial charge in [-0.3, -0.25) is 4.79 Å². The summed E-state index contributed by atoms with van der Waals surface area (Å²) in [4.78, 5) is 12.2. The van der Waals surface area contributed by atoms with Crippen LogP contribution in [0.25, 0.3) is 21.8 Å².